The van der Waals surface area contributed by atoms with Crippen LogP contribution in [0.3, 0.4) is 0 Å². The highest BCUT2D eigenvalue weighted by Crippen LogP contribution is 2.08. The Morgan fingerprint density at radius 2 is 1.50 bits per heavy atom. The summed E-state index contributed by atoms with van der Waals surface area (Å²) in [5, 5.41) is 5.78. The molecule has 110 valence electrons. The SMILES string of the molecule is CCC(C)NC(=O)c1ccc(C(=O)NC(C)(C)C)cc1. The molecule has 0 aromatic heterocycles. The Labute approximate surface area is 121 Å². The molecule has 0 fully saturated rings. The van der Waals surface area contributed by atoms with E-state index in [4.69, 9.17) is 0 Å². The Kier molecular flexibility index (Phi) is 5.31. The maximum atomic E-state index is 12.0. The van der Waals surface area contributed by atoms with Crippen molar-refractivity contribution in [1.82, 2.24) is 10.6 Å². The molecule has 1 rings (SSSR count). The summed E-state index contributed by atoms with van der Waals surface area (Å²) >= 11 is 0. The number of carbonyl (C=O) groups is 2. The third-order valence-corrected chi connectivity index (χ3v) is 2.89. The van der Waals surface area contributed by atoms with E-state index in [0.29, 0.717) is 11.1 Å². The van der Waals surface area contributed by atoms with Crippen molar-refractivity contribution in [3.63, 3.8) is 0 Å². The largest absolute Gasteiger partial charge is 0.350 e. The number of rotatable bonds is 4. The van der Waals surface area contributed by atoms with Crippen LogP contribution in [0.4, 0.5) is 0 Å². The molecule has 2 N–H and O–H groups in total. The average molecular weight is 276 g/mol. The van der Waals surface area contributed by atoms with Gasteiger partial charge in [0.2, 0.25) is 0 Å². The molecule has 0 saturated heterocycles. The molecule has 4 heteroatoms. The second-order valence-electron chi connectivity index (χ2n) is 6.06. The number of nitrogens with one attached hydrogen (secondary N) is 2. The van der Waals surface area contributed by atoms with Gasteiger partial charge in [-0.1, -0.05) is 6.92 Å². The van der Waals surface area contributed by atoms with Crippen molar-refractivity contribution in [3.05, 3.63) is 35.4 Å². The Hall–Kier alpha value is -1.84. The summed E-state index contributed by atoms with van der Waals surface area (Å²) < 4.78 is 0. The van der Waals surface area contributed by atoms with Crippen LogP contribution < -0.4 is 10.6 Å². The molecule has 1 aromatic rings. The minimum absolute atomic E-state index is 0.109. The van der Waals surface area contributed by atoms with Gasteiger partial charge in [0.25, 0.3) is 11.8 Å². The Morgan fingerprint density at radius 1 is 1.05 bits per heavy atom. The number of amides is 2. The van der Waals surface area contributed by atoms with Crippen molar-refractivity contribution < 1.29 is 9.59 Å². The molecule has 0 radical (unpaired) electrons. The van der Waals surface area contributed by atoms with E-state index in [9.17, 15) is 9.59 Å². The highest BCUT2D eigenvalue weighted by atomic mass is 16.2. The fourth-order valence-electron chi connectivity index (χ4n) is 1.59. The van der Waals surface area contributed by atoms with Crippen LogP contribution in [0.2, 0.25) is 0 Å². The molecule has 0 saturated carbocycles. The molecule has 1 unspecified atom stereocenters. The van der Waals surface area contributed by atoms with Crippen molar-refractivity contribution in [2.24, 2.45) is 0 Å². The summed E-state index contributed by atoms with van der Waals surface area (Å²) in [5.41, 5.74) is 0.849. The summed E-state index contributed by atoms with van der Waals surface area (Å²) in [7, 11) is 0. The minimum atomic E-state index is -0.274. The van der Waals surface area contributed by atoms with E-state index >= 15 is 0 Å². The topological polar surface area (TPSA) is 58.2 Å². The molecule has 0 spiro atoms. The quantitative estimate of drug-likeness (QED) is 0.888. The summed E-state index contributed by atoms with van der Waals surface area (Å²) in [6, 6.07) is 6.84. The summed E-state index contributed by atoms with van der Waals surface area (Å²) in [6.45, 7) is 9.77. The van der Waals surface area contributed by atoms with Gasteiger partial charge in [0.1, 0.15) is 0 Å². The molecule has 0 aliphatic carbocycles. The molecule has 1 atom stereocenters. The predicted molar refractivity (Wildman–Crippen MR) is 80.9 cm³/mol. The van der Waals surface area contributed by atoms with Gasteiger partial charge in [0.05, 0.1) is 0 Å². The third-order valence-electron chi connectivity index (χ3n) is 2.89. The number of benzene rings is 1. The van der Waals surface area contributed by atoms with E-state index in [0.717, 1.165) is 6.42 Å². The average Bonchev–Trinajstić information content (AvgIpc) is 2.36. The zero-order valence-electron chi connectivity index (χ0n) is 12.9. The van der Waals surface area contributed by atoms with E-state index < -0.39 is 0 Å². The third kappa shape index (κ3) is 5.03. The molecule has 20 heavy (non-hydrogen) atoms. The second kappa shape index (κ2) is 6.55. The van der Waals surface area contributed by atoms with Gasteiger partial charge in [-0.2, -0.15) is 0 Å². The molecule has 0 aliphatic rings. The summed E-state index contributed by atoms with van der Waals surface area (Å²) in [4.78, 5) is 23.9. The fourth-order valence-corrected chi connectivity index (χ4v) is 1.59. The van der Waals surface area contributed by atoms with Gasteiger partial charge in [0, 0.05) is 22.7 Å². The smallest absolute Gasteiger partial charge is 0.251 e. The van der Waals surface area contributed by atoms with E-state index in [2.05, 4.69) is 10.6 Å². The van der Waals surface area contributed by atoms with Crippen molar-refractivity contribution in [3.8, 4) is 0 Å². The normalized spacial score (nSPS) is 12.7. The molecule has 0 heterocycles. The van der Waals surface area contributed by atoms with Gasteiger partial charge in [-0.15, -0.1) is 0 Å². The van der Waals surface area contributed by atoms with Gasteiger partial charge in [-0.3, -0.25) is 9.59 Å². The monoisotopic (exact) mass is 276 g/mol. The lowest BCUT2D eigenvalue weighted by molar-refractivity contribution is 0.0913. The molecule has 0 aliphatic heterocycles. The highest BCUT2D eigenvalue weighted by molar-refractivity contribution is 5.98. The zero-order valence-corrected chi connectivity index (χ0v) is 12.9. The van der Waals surface area contributed by atoms with E-state index in [1.54, 1.807) is 24.3 Å². The molecule has 2 amide bonds. The van der Waals surface area contributed by atoms with Crippen LogP contribution in [-0.2, 0) is 0 Å². The van der Waals surface area contributed by atoms with E-state index in [1.807, 2.05) is 34.6 Å². The van der Waals surface area contributed by atoms with Crippen LogP contribution in [0, 0.1) is 0 Å². The number of hydrogen-bond acceptors (Lipinski definition) is 2. The zero-order chi connectivity index (χ0) is 15.3. The van der Waals surface area contributed by atoms with Gasteiger partial charge in [-0.25, -0.2) is 0 Å². The summed E-state index contributed by atoms with van der Waals surface area (Å²) in [5.74, 6) is -0.242. The lowest BCUT2D eigenvalue weighted by Crippen LogP contribution is -2.40. The number of carbonyl (C=O) groups excluding carboxylic acids is 2. The van der Waals surface area contributed by atoms with Gasteiger partial charge < -0.3 is 10.6 Å². The standard InChI is InChI=1S/C16H24N2O2/c1-6-11(2)17-14(19)12-7-9-13(10-8-12)15(20)18-16(3,4)5/h7-11H,6H2,1-5H3,(H,17,19)(H,18,20). The maximum Gasteiger partial charge on any atom is 0.251 e. The first-order chi connectivity index (χ1) is 9.23. The van der Waals surface area contributed by atoms with Crippen molar-refractivity contribution in [1.29, 1.82) is 0 Å². The Bertz CT molecular complexity index is 472. The molecular formula is C16H24N2O2. The van der Waals surface area contributed by atoms with Crippen LogP contribution >= 0.6 is 0 Å². The second-order valence-corrected chi connectivity index (χ2v) is 6.06. The van der Waals surface area contributed by atoms with E-state index in [1.165, 1.54) is 0 Å². The molecule has 1 aromatic carbocycles. The Balaban J connectivity index is 2.74. The summed E-state index contributed by atoms with van der Waals surface area (Å²) in [6.07, 6.45) is 0.887. The first-order valence-corrected chi connectivity index (χ1v) is 6.96. The molecule has 4 nitrogen and oxygen atoms in total. The lowest BCUT2D eigenvalue weighted by atomic mass is 10.1. The fraction of sp³-hybridized carbons (Fsp3) is 0.500. The highest BCUT2D eigenvalue weighted by Gasteiger charge is 2.15. The first-order valence-electron chi connectivity index (χ1n) is 6.96. The van der Waals surface area contributed by atoms with Crippen molar-refractivity contribution in [2.45, 2.75) is 52.6 Å². The van der Waals surface area contributed by atoms with Crippen molar-refractivity contribution >= 4 is 11.8 Å². The Morgan fingerprint density at radius 3 is 1.90 bits per heavy atom. The van der Waals surface area contributed by atoms with Crippen LogP contribution in [0.5, 0.6) is 0 Å². The predicted octanol–water partition coefficient (Wildman–Crippen LogP) is 2.74. The van der Waals surface area contributed by atoms with Crippen LogP contribution in [0.25, 0.3) is 0 Å². The van der Waals surface area contributed by atoms with Crippen LogP contribution in [0.1, 0.15) is 61.8 Å². The maximum absolute atomic E-state index is 12.0. The number of hydrogen-bond donors (Lipinski definition) is 2. The van der Waals surface area contributed by atoms with Gasteiger partial charge in [-0.05, 0) is 58.4 Å². The van der Waals surface area contributed by atoms with Gasteiger partial charge >= 0.3 is 0 Å². The minimum Gasteiger partial charge on any atom is -0.350 e. The lowest BCUT2D eigenvalue weighted by Gasteiger charge is -2.20. The molecule has 0 bridgehead atoms. The van der Waals surface area contributed by atoms with Crippen LogP contribution in [0.15, 0.2) is 24.3 Å². The first kappa shape index (κ1) is 16.2. The van der Waals surface area contributed by atoms with Crippen LogP contribution in [-0.4, -0.2) is 23.4 Å². The van der Waals surface area contributed by atoms with Gasteiger partial charge in [0.15, 0.2) is 0 Å². The molecular weight excluding hydrogens is 252 g/mol. The van der Waals surface area contributed by atoms with Crippen molar-refractivity contribution in [2.75, 3.05) is 0 Å². The van der Waals surface area contributed by atoms with E-state index in [-0.39, 0.29) is 23.4 Å².